The summed E-state index contributed by atoms with van der Waals surface area (Å²) >= 11 is 0. The van der Waals surface area contributed by atoms with Crippen LogP contribution in [0.25, 0.3) is 0 Å². The quantitative estimate of drug-likeness (QED) is 0.636. The van der Waals surface area contributed by atoms with Crippen molar-refractivity contribution < 1.29 is 14.2 Å². The lowest BCUT2D eigenvalue weighted by Crippen LogP contribution is -2.28. The lowest BCUT2D eigenvalue weighted by Gasteiger charge is -2.23. The van der Waals surface area contributed by atoms with E-state index in [2.05, 4.69) is 6.92 Å². The van der Waals surface area contributed by atoms with Gasteiger partial charge in [0.25, 0.3) is 0 Å². The molecule has 0 spiro atoms. The molecule has 0 aliphatic carbocycles. The van der Waals surface area contributed by atoms with Crippen LogP contribution in [0.4, 0.5) is 0 Å². The zero-order chi connectivity index (χ0) is 9.54. The van der Waals surface area contributed by atoms with Crippen LogP contribution in [0.2, 0.25) is 0 Å². The number of hydrogen-bond donors (Lipinski definition) is 0. The van der Waals surface area contributed by atoms with E-state index in [0.717, 1.165) is 25.7 Å². The van der Waals surface area contributed by atoms with Gasteiger partial charge in [0.1, 0.15) is 6.10 Å². The van der Waals surface area contributed by atoms with E-state index >= 15 is 0 Å². The van der Waals surface area contributed by atoms with Crippen LogP contribution in [0.1, 0.15) is 19.8 Å². The lowest BCUT2D eigenvalue weighted by atomic mass is 9.83. The number of fused-ring (bicyclic) bond motifs is 2. The smallest absolute Gasteiger partial charge is 0.104 e. The second kappa shape index (κ2) is 3.47. The first-order chi connectivity index (χ1) is 6.83. The zero-order valence-electron chi connectivity index (χ0n) is 8.65. The molecule has 0 radical (unpaired) electrons. The fourth-order valence-corrected chi connectivity index (χ4v) is 2.84. The van der Waals surface area contributed by atoms with Crippen molar-refractivity contribution in [1.29, 1.82) is 0 Å². The SMILES string of the molecule is CC1CC2CC(COCC3CO3)C1O2. The molecule has 5 atom stereocenters. The van der Waals surface area contributed by atoms with Gasteiger partial charge in [-0.3, -0.25) is 0 Å². The van der Waals surface area contributed by atoms with E-state index in [1.807, 2.05) is 0 Å². The fourth-order valence-electron chi connectivity index (χ4n) is 2.84. The van der Waals surface area contributed by atoms with Gasteiger partial charge < -0.3 is 14.2 Å². The van der Waals surface area contributed by atoms with E-state index in [0.29, 0.717) is 24.2 Å². The molecule has 0 amide bonds. The lowest BCUT2D eigenvalue weighted by molar-refractivity contribution is 0.0337. The summed E-state index contributed by atoms with van der Waals surface area (Å²) in [5.74, 6) is 1.38. The largest absolute Gasteiger partial charge is 0.378 e. The zero-order valence-corrected chi connectivity index (χ0v) is 8.65. The van der Waals surface area contributed by atoms with Crippen LogP contribution in [0.3, 0.4) is 0 Å². The van der Waals surface area contributed by atoms with Crippen molar-refractivity contribution in [2.75, 3.05) is 19.8 Å². The summed E-state index contributed by atoms with van der Waals surface area (Å²) in [5.41, 5.74) is 0. The number of rotatable bonds is 4. The third kappa shape index (κ3) is 1.69. The van der Waals surface area contributed by atoms with Gasteiger partial charge in [-0.05, 0) is 18.8 Å². The maximum Gasteiger partial charge on any atom is 0.104 e. The van der Waals surface area contributed by atoms with Gasteiger partial charge in [0.2, 0.25) is 0 Å². The average molecular weight is 198 g/mol. The van der Waals surface area contributed by atoms with Gasteiger partial charge in [0.15, 0.2) is 0 Å². The first kappa shape index (κ1) is 9.13. The Balaban J connectivity index is 1.44. The molecule has 0 aromatic rings. The van der Waals surface area contributed by atoms with Crippen LogP contribution in [0, 0.1) is 11.8 Å². The predicted octanol–water partition coefficient (Wildman–Crippen LogP) is 1.22. The Hall–Kier alpha value is -0.120. The van der Waals surface area contributed by atoms with E-state index < -0.39 is 0 Å². The third-order valence-electron chi connectivity index (χ3n) is 3.61. The summed E-state index contributed by atoms with van der Waals surface area (Å²) in [6.45, 7) is 4.83. The molecule has 3 fully saturated rings. The standard InChI is InChI=1S/C11H18O3/c1-7-2-9-3-8(11(7)14-9)4-12-5-10-6-13-10/h7-11H,2-6H2,1H3. The summed E-state index contributed by atoms with van der Waals surface area (Å²) in [6.07, 6.45) is 3.86. The Bertz CT molecular complexity index is 215. The Morgan fingerprint density at radius 2 is 2.14 bits per heavy atom. The van der Waals surface area contributed by atoms with Gasteiger partial charge >= 0.3 is 0 Å². The Morgan fingerprint density at radius 1 is 1.29 bits per heavy atom. The number of epoxide rings is 1. The van der Waals surface area contributed by atoms with Crippen molar-refractivity contribution in [3.8, 4) is 0 Å². The molecule has 0 aromatic heterocycles. The van der Waals surface area contributed by atoms with E-state index in [1.54, 1.807) is 0 Å². The highest BCUT2D eigenvalue weighted by molar-refractivity contribution is 4.93. The molecule has 3 heterocycles. The van der Waals surface area contributed by atoms with Crippen LogP contribution in [0.15, 0.2) is 0 Å². The summed E-state index contributed by atoms with van der Waals surface area (Å²) in [7, 11) is 0. The summed E-state index contributed by atoms with van der Waals surface area (Å²) in [4.78, 5) is 0. The normalized spacial score (nSPS) is 49.9. The molecule has 3 aliphatic rings. The van der Waals surface area contributed by atoms with Crippen molar-refractivity contribution in [2.45, 2.75) is 38.1 Å². The minimum absolute atomic E-state index is 0.395. The van der Waals surface area contributed by atoms with Crippen LogP contribution >= 0.6 is 0 Å². The fraction of sp³-hybridized carbons (Fsp3) is 1.00. The molecule has 14 heavy (non-hydrogen) atoms. The molecule has 3 saturated heterocycles. The van der Waals surface area contributed by atoms with Crippen molar-refractivity contribution >= 4 is 0 Å². The minimum atomic E-state index is 0.395. The van der Waals surface area contributed by atoms with Crippen LogP contribution in [-0.2, 0) is 14.2 Å². The molecule has 80 valence electrons. The molecule has 0 N–H and O–H groups in total. The highest BCUT2D eigenvalue weighted by Crippen LogP contribution is 2.42. The summed E-state index contributed by atoms with van der Waals surface area (Å²) in [6, 6.07) is 0. The molecular formula is C11H18O3. The van der Waals surface area contributed by atoms with Crippen LogP contribution in [0.5, 0.6) is 0 Å². The Labute approximate surface area is 84.7 Å². The van der Waals surface area contributed by atoms with Crippen molar-refractivity contribution in [3.05, 3.63) is 0 Å². The maximum atomic E-state index is 5.86. The molecule has 3 nitrogen and oxygen atoms in total. The molecule has 3 aliphatic heterocycles. The predicted molar refractivity (Wildman–Crippen MR) is 51.1 cm³/mol. The van der Waals surface area contributed by atoms with Crippen molar-refractivity contribution in [2.24, 2.45) is 11.8 Å². The van der Waals surface area contributed by atoms with E-state index in [4.69, 9.17) is 14.2 Å². The topological polar surface area (TPSA) is 31.0 Å². The van der Waals surface area contributed by atoms with Gasteiger partial charge in [-0.15, -0.1) is 0 Å². The third-order valence-corrected chi connectivity index (χ3v) is 3.61. The van der Waals surface area contributed by atoms with Gasteiger partial charge in [0.05, 0.1) is 32.0 Å². The van der Waals surface area contributed by atoms with Crippen molar-refractivity contribution in [3.63, 3.8) is 0 Å². The second-order valence-electron chi connectivity index (χ2n) is 4.92. The summed E-state index contributed by atoms with van der Waals surface area (Å²) in [5, 5.41) is 0. The Morgan fingerprint density at radius 3 is 2.79 bits per heavy atom. The molecule has 2 bridgehead atoms. The maximum absolute atomic E-state index is 5.86. The second-order valence-corrected chi connectivity index (χ2v) is 4.92. The number of hydrogen-bond acceptors (Lipinski definition) is 3. The van der Waals surface area contributed by atoms with Crippen LogP contribution in [-0.4, -0.2) is 38.1 Å². The van der Waals surface area contributed by atoms with E-state index in [9.17, 15) is 0 Å². The monoisotopic (exact) mass is 198 g/mol. The first-order valence-electron chi connectivity index (χ1n) is 5.67. The number of ether oxygens (including phenoxy) is 3. The highest BCUT2D eigenvalue weighted by Gasteiger charge is 2.45. The van der Waals surface area contributed by atoms with Gasteiger partial charge in [-0.1, -0.05) is 6.92 Å². The highest BCUT2D eigenvalue weighted by atomic mass is 16.6. The summed E-state index contributed by atoms with van der Waals surface area (Å²) < 4.78 is 16.6. The molecular weight excluding hydrogens is 180 g/mol. The van der Waals surface area contributed by atoms with Crippen molar-refractivity contribution in [1.82, 2.24) is 0 Å². The van der Waals surface area contributed by atoms with Crippen LogP contribution < -0.4 is 0 Å². The van der Waals surface area contributed by atoms with Gasteiger partial charge in [-0.2, -0.15) is 0 Å². The Kier molecular flexibility index (Phi) is 2.26. The molecule has 0 aromatic carbocycles. The van der Waals surface area contributed by atoms with E-state index in [1.165, 1.54) is 12.8 Å². The molecule has 3 rings (SSSR count). The van der Waals surface area contributed by atoms with Gasteiger partial charge in [-0.25, -0.2) is 0 Å². The van der Waals surface area contributed by atoms with E-state index in [-0.39, 0.29) is 0 Å². The first-order valence-corrected chi connectivity index (χ1v) is 5.67. The molecule has 5 unspecified atom stereocenters. The molecule has 3 heteroatoms. The minimum Gasteiger partial charge on any atom is -0.378 e. The average Bonchev–Trinajstić information content (AvgIpc) is 2.79. The van der Waals surface area contributed by atoms with Gasteiger partial charge in [0, 0.05) is 5.92 Å². The molecule has 0 saturated carbocycles.